The van der Waals surface area contributed by atoms with Crippen molar-refractivity contribution in [3.8, 4) is 11.1 Å². The Balaban J connectivity index is 1.34. The molecule has 2 aromatic heterocycles. The van der Waals surface area contributed by atoms with Crippen molar-refractivity contribution < 1.29 is 8.83 Å². The fourth-order valence-electron chi connectivity index (χ4n) is 5.67. The maximum absolute atomic E-state index is 6.47. The zero-order valence-corrected chi connectivity index (χ0v) is 21.1. The molecule has 8 rings (SSSR count). The molecule has 39 heavy (non-hydrogen) atoms. The Morgan fingerprint density at radius 1 is 0.590 bits per heavy atom. The second kappa shape index (κ2) is 8.67. The molecule has 0 saturated carbocycles. The molecule has 0 bridgehead atoms. The van der Waals surface area contributed by atoms with Crippen molar-refractivity contribution in [3.05, 3.63) is 133 Å². The van der Waals surface area contributed by atoms with Gasteiger partial charge >= 0.3 is 0 Å². The molecule has 0 aliphatic carbocycles. The third-order valence-electron chi connectivity index (χ3n) is 7.53. The molecule has 0 unspecified atom stereocenters. The number of fused-ring (bicyclic) bond motifs is 6. The van der Waals surface area contributed by atoms with Crippen molar-refractivity contribution in [2.75, 3.05) is 4.90 Å². The molecular formula is C35H24N2O2. The van der Waals surface area contributed by atoms with Crippen molar-refractivity contribution in [2.45, 2.75) is 6.54 Å². The van der Waals surface area contributed by atoms with Gasteiger partial charge in [-0.15, -0.1) is 0 Å². The van der Waals surface area contributed by atoms with Crippen LogP contribution in [-0.4, -0.2) is 0 Å². The molecule has 1 aliphatic heterocycles. The van der Waals surface area contributed by atoms with E-state index in [9.17, 15) is 0 Å². The molecule has 0 amide bonds. The Hall–Kier alpha value is -5.22. The summed E-state index contributed by atoms with van der Waals surface area (Å²) < 4.78 is 12.8. The van der Waals surface area contributed by atoms with Gasteiger partial charge in [-0.2, -0.15) is 0 Å². The number of hydrogen-bond acceptors (Lipinski definition) is 4. The van der Waals surface area contributed by atoms with Crippen molar-refractivity contribution in [1.29, 1.82) is 0 Å². The normalized spacial score (nSPS) is 12.6. The molecule has 186 valence electrons. The first-order valence-electron chi connectivity index (χ1n) is 13.1. The van der Waals surface area contributed by atoms with E-state index in [1.54, 1.807) is 0 Å². The van der Waals surface area contributed by atoms with Crippen LogP contribution in [0.4, 0.5) is 17.1 Å². The second-order valence-electron chi connectivity index (χ2n) is 9.83. The zero-order chi connectivity index (χ0) is 25.8. The van der Waals surface area contributed by atoms with Gasteiger partial charge in [-0.05, 0) is 59.8 Å². The van der Waals surface area contributed by atoms with E-state index >= 15 is 0 Å². The van der Waals surface area contributed by atoms with Crippen molar-refractivity contribution in [2.24, 2.45) is 0 Å². The van der Waals surface area contributed by atoms with Crippen LogP contribution in [-0.2, 0) is 6.54 Å². The van der Waals surface area contributed by atoms with E-state index in [1.807, 2.05) is 24.4 Å². The number of hydrogen-bond donors (Lipinski definition) is 1. The average molecular weight is 505 g/mol. The Labute approximate surface area is 225 Å². The number of nitrogens with one attached hydrogen (secondary N) is 1. The minimum Gasteiger partial charge on any atom is -0.458 e. The van der Waals surface area contributed by atoms with Crippen LogP contribution in [0.2, 0.25) is 0 Å². The van der Waals surface area contributed by atoms with E-state index in [1.165, 1.54) is 11.1 Å². The van der Waals surface area contributed by atoms with Gasteiger partial charge in [0, 0.05) is 33.5 Å². The van der Waals surface area contributed by atoms with Gasteiger partial charge in [0.2, 0.25) is 0 Å². The highest BCUT2D eigenvalue weighted by Crippen LogP contribution is 2.43. The van der Waals surface area contributed by atoms with E-state index in [0.717, 1.165) is 61.3 Å². The van der Waals surface area contributed by atoms with Crippen LogP contribution in [0, 0.1) is 0 Å². The predicted molar refractivity (Wildman–Crippen MR) is 159 cm³/mol. The lowest BCUT2D eigenvalue weighted by Crippen LogP contribution is -2.10. The zero-order valence-electron chi connectivity index (χ0n) is 21.1. The molecule has 1 N–H and O–H groups in total. The van der Waals surface area contributed by atoms with Crippen LogP contribution in [0.25, 0.3) is 50.1 Å². The van der Waals surface area contributed by atoms with Gasteiger partial charge in [-0.25, -0.2) is 0 Å². The summed E-state index contributed by atoms with van der Waals surface area (Å²) >= 11 is 0. The summed E-state index contributed by atoms with van der Waals surface area (Å²) in [5.74, 6) is 0.961. The van der Waals surface area contributed by atoms with Crippen molar-refractivity contribution >= 4 is 56.0 Å². The lowest BCUT2D eigenvalue weighted by Gasteiger charge is -2.25. The van der Waals surface area contributed by atoms with Crippen molar-refractivity contribution in [3.63, 3.8) is 0 Å². The molecule has 0 fully saturated rings. The minimum absolute atomic E-state index is 0.693. The summed E-state index contributed by atoms with van der Waals surface area (Å²) in [7, 11) is 0. The second-order valence-corrected chi connectivity index (χ2v) is 9.83. The number of furan rings is 2. The Bertz CT molecular complexity index is 2010. The maximum Gasteiger partial charge on any atom is 0.159 e. The molecule has 5 aromatic carbocycles. The molecule has 4 nitrogen and oxygen atoms in total. The quantitative estimate of drug-likeness (QED) is 0.259. The monoisotopic (exact) mass is 504 g/mol. The fourth-order valence-corrected chi connectivity index (χ4v) is 5.67. The maximum atomic E-state index is 6.47. The van der Waals surface area contributed by atoms with Gasteiger partial charge in [0.25, 0.3) is 0 Å². The van der Waals surface area contributed by atoms with Gasteiger partial charge in [-0.3, -0.25) is 0 Å². The minimum atomic E-state index is 0.693. The van der Waals surface area contributed by atoms with Crippen LogP contribution in [0.5, 0.6) is 0 Å². The first-order valence-corrected chi connectivity index (χ1v) is 13.1. The first-order chi connectivity index (χ1) is 19.3. The van der Waals surface area contributed by atoms with Crippen LogP contribution < -0.4 is 10.2 Å². The van der Waals surface area contributed by atoms with Crippen LogP contribution in [0.3, 0.4) is 0 Å². The highest BCUT2D eigenvalue weighted by atomic mass is 16.3. The van der Waals surface area contributed by atoms with E-state index in [2.05, 4.69) is 113 Å². The summed E-state index contributed by atoms with van der Waals surface area (Å²) in [5.41, 5.74) is 9.15. The molecule has 0 spiro atoms. The van der Waals surface area contributed by atoms with E-state index in [4.69, 9.17) is 8.83 Å². The van der Waals surface area contributed by atoms with Gasteiger partial charge in [0.1, 0.15) is 16.9 Å². The van der Waals surface area contributed by atoms with E-state index in [0.29, 0.717) is 6.54 Å². The molecule has 7 aromatic rings. The van der Waals surface area contributed by atoms with Crippen LogP contribution in [0.1, 0.15) is 11.3 Å². The molecule has 0 saturated heterocycles. The van der Waals surface area contributed by atoms with Gasteiger partial charge in [0.05, 0.1) is 17.9 Å². The van der Waals surface area contributed by atoms with Gasteiger partial charge in [0.15, 0.2) is 5.58 Å². The summed E-state index contributed by atoms with van der Waals surface area (Å²) in [6.07, 6.45) is 4.06. The third kappa shape index (κ3) is 3.53. The fraction of sp³-hybridized carbons (Fsp3) is 0.0286. The molecular weight excluding hydrogens is 480 g/mol. The van der Waals surface area contributed by atoms with Crippen molar-refractivity contribution in [1.82, 2.24) is 5.32 Å². The van der Waals surface area contributed by atoms with Crippen LogP contribution in [0.15, 0.2) is 130 Å². The first kappa shape index (κ1) is 21.8. The number of para-hydroxylation sites is 2. The molecule has 1 aliphatic rings. The van der Waals surface area contributed by atoms with E-state index in [-0.39, 0.29) is 0 Å². The number of nitrogens with zero attached hydrogens (tertiary/aromatic N) is 1. The standard InChI is InChI=1S/C35H24N2O2/c1-2-7-23(8-3-1)24-13-15-25(16-14-24)37(26-17-18-28-29-19-20-36-22-34(29)38-33(28)21-26)31-11-6-10-30-27-9-4-5-12-32(27)39-35(30)31/h1-21,36H,22H2. The number of anilines is 3. The number of benzene rings is 5. The third-order valence-corrected chi connectivity index (χ3v) is 7.53. The average Bonchev–Trinajstić information content (AvgIpc) is 3.57. The highest BCUT2D eigenvalue weighted by Gasteiger charge is 2.21. The largest absolute Gasteiger partial charge is 0.458 e. The molecule has 0 atom stereocenters. The van der Waals surface area contributed by atoms with Gasteiger partial charge < -0.3 is 19.1 Å². The SMILES string of the molecule is C1=Cc2c(oc3cc(N(c4ccc(-c5ccccc5)cc4)c4cccc5c4oc4ccccc45)ccc23)CN1. The Morgan fingerprint density at radius 2 is 1.36 bits per heavy atom. The lowest BCUT2D eigenvalue weighted by atomic mass is 10.0. The smallest absolute Gasteiger partial charge is 0.159 e. The summed E-state index contributed by atoms with van der Waals surface area (Å²) in [6, 6.07) is 40.2. The molecule has 0 radical (unpaired) electrons. The Kier molecular flexibility index (Phi) is 4.85. The predicted octanol–water partition coefficient (Wildman–Crippen LogP) is 9.54. The highest BCUT2D eigenvalue weighted by molar-refractivity contribution is 6.10. The summed E-state index contributed by atoms with van der Waals surface area (Å²) in [5, 5.41) is 6.57. The topological polar surface area (TPSA) is 41.6 Å². The lowest BCUT2D eigenvalue weighted by molar-refractivity contribution is 0.532. The Morgan fingerprint density at radius 3 is 2.26 bits per heavy atom. The summed E-state index contributed by atoms with van der Waals surface area (Å²) in [4.78, 5) is 2.26. The molecule has 3 heterocycles. The van der Waals surface area contributed by atoms with Gasteiger partial charge in [-0.1, -0.05) is 72.8 Å². The number of rotatable bonds is 4. The van der Waals surface area contributed by atoms with Crippen LogP contribution >= 0.6 is 0 Å². The summed E-state index contributed by atoms with van der Waals surface area (Å²) in [6.45, 7) is 0.693. The van der Waals surface area contributed by atoms with E-state index < -0.39 is 0 Å². The molecule has 4 heteroatoms.